The number of fused-ring (bicyclic) bond motifs is 6. The summed E-state index contributed by atoms with van der Waals surface area (Å²) in [6.07, 6.45) is 0. The van der Waals surface area contributed by atoms with Crippen molar-refractivity contribution in [2.75, 3.05) is 0 Å². The molecule has 0 spiro atoms. The number of hydrogen-bond donors (Lipinski definition) is 0. The Bertz CT molecular complexity index is 2860. The normalized spacial score (nSPS) is 11.6. The van der Waals surface area contributed by atoms with Gasteiger partial charge in [0.1, 0.15) is 0 Å². The van der Waals surface area contributed by atoms with Crippen LogP contribution < -0.4 is 0 Å². The van der Waals surface area contributed by atoms with Crippen molar-refractivity contribution in [1.29, 1.82) is 0 Å². The van der Waals surface area contributed by atoms with E-state index in [4.69, 9.17) is 9.97 Å². The highest BCUT2D eigenvalue weighted by atomic mass is 32.1. The first-order valence-corrected chi connectivity index (χ1v) is 18.4. The van der Waals surface area contributed by atoms with Gasteiger partial charge in [-0.05, 0) is 46.5 Å². The maximum absolute atomic E-state index is 5.31. The quantitative estimate of drug-likeness (QED) is 0.182. The molecule has 10 rings (SSSR count). The van der Waals surface area contributed by atoms with Crippen molar-refractivity contribution in [2.45, 2.75) is 0 Å². The molecule has 0 saturated heterocycles. The van der Waals surface area contributed by atoms with E-state index in [0.717, 1.165) is 39.2 Å². The number of rotatable bonds is 5. The maximum atomic E-state index is 5.31. The van der Waals surface area contributed by atoms with Crippen LogP contribution in [0.25, 0.3) is 96.5 Å². The minimum absolute atomic E-state index is 0.717. The van der Waals surface area contributed by atoms with Crippen LogP contribution in [0.3, 0.4) is 0 Å². The van der Waals surface area contributed by atoms with Crippen LogP contribution in [0.15, 0.2) is 170 Å². The van der Waals surface area contributed by atoms with Gasteiger partial charge in [-0.3, -0.25) is 0 Å². The predicted octanol–water partition coefficient (Wildman–Crippen LogP) is 13.5. The van der Waals surface area contributed by atoms with E-state index >= 15 is 0 Å². The molecule has 3 heterocycles. The van der Waals surface area contributed by atoms with Crippen molar-refractivity contribution in [1.82, 2.24) is 9.97 Å². The van der Waals surface area contributed by atoms with E-state index in [-0.39, 0.29) is 0 Å². The van der Waals surface area contributed by atoms with Gasteiger partial charge in [-0.1, -0.05) is 146 Å². The Morgan fingerprint density at radius 3 is 1.72 bits per heavy atom. The lowest BCUT2D eigenvalue weighted by atomic mass is 9.98. The topological polar surface area (TPSA) is 25.8 Å². The smallest absolute Gasteiger partial charge is 0.161 e. The lowest BCUT2D eigenvalue weighted by Gasteiger charge is -2.13. The molecule has 0 radical (unpaired) electrons. The molecule has 0 aliphatic carbocycles. The van der Waals surface area contributed by atoms with Gasteiger partial charge < -0.3 is 0 Å². The van der Waals surface area contributed by atoms with Crippen molar-refractivity contribution in [3.8, 4) is 56.2 Å². The average molecular weight is 673 g/mol. The Morgan fingerprint density at radius 1 is 0.320 bits per heavy atom. The van der Waals surface area contributed by atoms with Crippen LogP contribution in [-0.4, -0.2) is 9.97 Å². The molecule has 0 atom stereocenters. The fourth-order valence-corrected chi connectivity index (χ4v) is 9.46. The lowest BCUT2D eigenvalue weighted by Crippen LogP contribution is -1.97. The molecular formula is C46H28N2S2. The molecule has 0 N–H and O–H groups in total. The van der Waals surface area contributed by atoms with Gasteiger partial charge in [-0.2, -0.15) is 0 Å². The van der Waals surface area contributed by atoms with E-state index in [9.17, 15) is 0 Å². The lowest BCUT2D eigenvalue weighted by molar-refractivity contribution is 1.19. The molecule has 2 nitrogen and oxygen atoms in total. The summed E-state index contributed by atoms with van der Waals surface area (Å²) in [5.74, 6) is 0.717. The number of nitrogens with zero attached hydrogens (tertiary/aromatic N) is 2. The molecule has 4 heteroatoms. The molecule has 0 unspecified atom stereocenters. The Labute approximate surface area is 297 Å². The zero-order valence-electron chi connectivity index (χ0n) is 26.9. The van der Waals surface area contributed by atoms with Gasteiger partial charge in [0.05, 0.1) is 11.4 Å². The van der Waals surface area contributed by atoms with Gasteiger partial charge in [-0.15, -0.1) is 22.7 Å². The van der Waals surface area contributed by atoms with Crippen molar-refractivity contribution < 1.29 is 0 Å². The van der Waals surface area contributed by atoms with Crippen LogP contribution in [-0.2, 0) is 0 Å². The van der Waals surface area contributed by atoms with Gasteiger partial charge in [0.25, 0.3) is 0 Å². The van der Waals surface area contributed by atoms with Crippen molar-refractivity contribution in [3.63, 3.8) is 0 Å². The van der Waals surface area contributed by atoms with E-state index in [1.165, 1.54) is 51.5 Å². The van der Waals surface area contributed by atoms with Gasteiger partial charge in [0, 0.05) is 57.0 Å². The van der Waals surface area contributed by atoms with E-state index in [2.05, 4.69) is 170 Å². The third-order valence-corrected chi connectivity index (χ3v) is 11.9. The number of hydrogen-bond acceptors (Lipinski definition) is 4. The van der Waals surface area contributed by atoms with Crippen LogP contribution >= 0.6 is 22.7 Å². The van der Waals surface area contributed by atoms with Crippen molar-refractivity contribution in [3.05, 3.63) is 170 Å². The molecule has 234 valence electrons. The Hall–Kier alpha value is -5.94. The van der Waals surface area contributed by atoms with Gasteiger partial charge in [0.2, 0.25) is 0 Å². The average Bonchev–Trinajstić information content (AvgIpc) is 3.76. The zero-order valence-corrected chi connectivity index (χ0v) is 28.5. The molecule has 50 heavy (non-hydrogen) atoms. The van der Waals surface area contributed by atoms with Crippen LogP contribution in [0.4, 0.5) is 0 Å². The minimum atomic E-state index is 0.717. The van der Waals surface area contributed by atoms with Crippen LogP contribution in [0.5, 0.6) is 0 Å². The van der Waals surface area contributed by atoms with Crippen LogP contribution in [0, 0.1) is 0 Å². The second kappa shape index (κ2) is 11.9. The van der Waals surface area contributed by atoms with Crippen LogP contribution in [0.1, 0.15) is 0 Å². The van der Waals surface area contributed by atoms with Gasteiger partial charge in [0.15, 0.2) is 5.82 Å². The highest BCUT2D eigenvalue weighted by Gasteiger charge is 2.17. The molecule has 0 aliphatic rings. The predicted molar refractivity (Wildman–Crippen MR) is 215 cm³/mol. The fourth-order valence-electron chi connectivity index (χ4n) is 7.09. The molecular weight excluding hydrogens is 645 g/mol. The third-order valence-electron chi connectivity index (χ3n) is 9.55. The molecule has 0 amide bonds. The highest BCUT2D eigenvalue weighted by Crippen LogP contribution is 2.41. The molecule has 0 saturated carbocycles. The number of aromatic nitrogens is 2. The van der Waals surface area contributed by atoms with E-state index in [1.54, 1.807) is 0 Å². The minimum Gasteiger partial charge on any atom is -0.228 e. The summed E-state index contributed by atoms with van der Waals surface area (Å²) in [7, 11) is 0. The standard InChI is InChI=1S/C46H28N2S2/c1-2-11-30(12-3-1)33-13-4-5-16-38(33)46-47-40(28-41(48-46)39-18-10-17-37-35-15-7-9-20-43(35)50-45(37)39)31-23-21-29(22-24-31)32-25-26-36-34-14-6-8-19-42(34)49-44(36)27-32/h1-28H. The first-order chi connectivity index (χ1) is 24.8. The molecule has 0 bridgehead atoms. The fraction of sp³-hybridized carbons (Fsp3) is 0. The maximum Gasteiger partial charge on any atom is 0.161 e. The van der Waals surface area contributed by atoms with Crippen molar-refractivity contribution >= 4 is 63.0 Å². The summed E-state index contributed by atoms with van der Waals surface area (Å²) in [6, 6.07) is 60.7. The summed E-state index contributed by atoms with van der Waals surface area (Å²) in [5, 5.41) is 5.18. The summed E-state index contributed by atoms with van der Waals surface area (Å²) in [4.78, 5) is 10.6. The third kappa shape index (κ3) is 4.92. The van der Waals surface area contributed by atoms with Crippen LogP contribution in [0.2, 0.25) is 0 Å². The summed E-state index contributed by atoms with van der Waals surface area (Å²) in [6.45, 7) is 0. The second-order valence-electron chi connectivity index (χ2n) is 12.5. The monoisotopic (exact) mass is 672 g/mol. The van der Waals surface area contributed by atoms with E-state index < -0.39 is 0 Å². The largest absolute Gasteiger partial charge is 0.228 e. The Balaban J connectivity index is 1.13. The van der Waals surface area contributed by atoms with Crippen molar-refractivity contribution in [2.24, 2.45) is 0 Å². The zero-order chi connectivity index (χ0) is 33.0. The summed E-state index contributed by atoms with van der Waals surface area (Å²) in [5.41, 5.74) is 9.68. The van der Waals surface area contributed by atoms with Gasteiger partial charge >= 0.3 is 0 Å². The molecule has 7 aromatic carbocycles. The number of benzene rings is 7. The summed E-state index contributed by atoms with van der Waals surface area (Å²) < 4.78 is 5.16. The Kier molecular flexibility index (Phi) is 6.90. The first kappa shape index (κ1) is 29.0. The molecule has 10 aromatic rings. The number of thiophene rings is 2. The Morgan fingerprint density at radius 2 is 0.900 bits per heavy atom. The SMILES string of the molecule is c1ccc(-c2ccccc2-c2nc(-c3ccc(-c4ccc5c(c4)sc4ccccc45)cc3)cc(-c3cccc4c3sc3ccccc34)n2)cc1. The molecule has 3 aromatic heterocycles. The molecule has 0 fully saturated rings. The summed E-state index contributed by atoms with van der Waals surface area (Å²) >= 11 is 3.68. The van der Waals surface area contributed by atoms with E-state index in [1.807, 2.05) is 22.7 Å². The second-order valence-corrected chi connectivity index (χ2v) is 14.7. The molecule has 0 aliphatic heterocycles. The first-order valence-electron chi connectivity index (χ1n) is 16.7. The highest BCUT2D eigenvalue weighted by molar-refractivity contribution is 7.26. The van der Waals surface area contributed by atoms with Gasteiger partial charge in [-0.25, -0.2) is 9.97 Å². The van der Waals surface area contributed by atoms with E-state index in [0.29, 0.717) is 5.82 Å².